The molecule has 0 saturated heterocycles. The summed E-state index contributed by atoms with van der Waals surface area (Å²) in [6.45, 7) is 1.97. The van der Waals surface area contributed by atoms with Crippen molar-refractivity contribution in [1.29, 1.82) is 0 Å². The molecular weight excluding hydrogens is 545 g/mol. The first-order chi connectivity index (χ1) is 19.5. The van der Waals surface area contributed by atoms with Gasteiger partial charge < -0.3 is 4.74 Å². The molecule has 0 spiro atoms. The van der Waals surface area contributed by atoms with Crippen LogP contribution in [-0.4, -0.2) is 6.11 Å². The van der Waals surface area contributed by atoms with Gasteiger partial charge in [0.2, 0.25) is 0 Å². The molecule has 2 aliphatic rings. The minimum Gasteiger partial charge on any atom is -0.432 e. The van der Waals surface area contributed by atoms with Crippen molar-refractivity contribution in [3.8, 4) is 5.75 Å². The molecule has 0 aliphatic heterocycles. The van der Waals surface area contributed by atoms with Crippen LogP contribution in [0, 0.1) is 29.4 Å². The third-order valence-electron chi connectivity index (χ3n) is 8.51. The first-order valence-electron chi connectivity index (χ1n) is 14.5. The van der Waals surface area contributed by atoms with Gasteiger partial charge in [-0.15, -0.1) is 0 Å². The SMILES string of the molecule is C/C=C/CCc1ccc(C2CCC(/C=C/C3CCC(C(F)(F)Oc4ccc(C(F)(F)F)c(F)c4)CC3)CC2)c(F)c1. The molecule has 8 heteroatoms. The molecule has 2 fully saturated rings. The molecule has 1 nitrogen and oxygen atoms in total. The first kappa shape index (κ1) is 31.2. The molecule has 4 rings (SSSR count). The fourth-order valence-electron chi connectivity index (χ4n) is 6.09. The fourth-order valence-corrected chi connectivity index (χ4v) is 6.09. The van der Waals surface area contributed by atoms with Crippen molar-refractivity contribution in [1.82, 2.24) is 0 Å². The monoisotopic (exact) mass is 582 g/mol. The van der Waals surface area contributed by atoms with Gasteiger partial charge in [0.15, 0.2) is 0 Å². The van der Waals surface area contributed by atoms with E-state index in [-0.39, 0.29) is 30.5 Å². The minimum absolute atomic E-state index is 0.122. The highest BCUT2D eigenvalue weighted by Crippen LogP contribution is 2.42. The van der Waals surface area contributed by atoms with Crippen LogP contribution in [0.15, 0.2) is 60.7 Å². The van der Waals surface area contributed by atoms with Crippen molar-refractivity contribution in [2.75, 3.05) is 0 Å². The molecule has 0 radical (unpaired) electrons. The Morgan fingerprint density at radius 1 is 0.780 bits per heavy atom. The van der Waals surface area contributed by atoms with E-state index in [0.717, 1.165) is 55.7 Å². The Balaban J connectivity index is 1.23. The van der Waals surface area contributed by atoms with E-state index < -0.39 is 35.3 Å². The van der Waals surface area contributed by atoms with Gasteiger partial charge in [0.1, 0.15) is 17.4 Å². The minimum atomic E-state index is -4.91. The summed E-state index contributed by atoms with van der Waals surface area (Å²) >= 11 is 0. The van der Waals surface area contributed by atoms with E-state index in [2.05, 4.69) is 23.0 Å². The van der Waals surface area contributed by atoms with E-state index in [1.165, 1.54) is 0 Å². The highest BCUT2D eigenvalue weighted by Gasteiger charge is 2.44. The predicted molar refractivity (Wildman–Crippen MR) is 146 cm³/mol. The highest BCUT2D eigenvalue weighted by atomic mass is 19.4. The zero-order chi connectivity index (χ0) is 29.6. The lowest BCUT2D eigenvalue weighted by Crippen LogP contribution is -2.37. The molecule has 0 atom stereocenters. The Labute approximate surface area is 237 Å². The molecule has 0 unspecified atom stereocenters. The van der Waals surface area contributed by atoms with Gasteiger partial charge in [0.05, 0.1) is 11.5 Å². The Morgan fingerprint density at radius 3 is 1.98 bits per heavy atom. The lowest BCUT2D eigenvalue weighted by molar-refractivity contribution is -0.223. The number of aryl methyl sites for hydroxylation is 1. The average Bonchev–Trinajstić information content (AvgIpc) is 2.92. The van der Waals surface area contributed by atoms with Crippen LogP contribution in [0.2, 0.25) is 0 Å². The van der Waals surface area contributed by atoms with Gasteiger partial charge in [-0.25, -0.2) is 8.78 Å². The van der Waals surface area contributed by atoms with Gasteiger partial charge in [-0.3, -0.25) is 0 Å². The van der Waals surface area contributed by atoms with Crippen LogP contribution in [0.4, 0.5) is 30.7 Å². The second kappa shape index (κ2) is 13.5. The number of alkyl halides is 5. The van der Waals surface area contributed by atoms with Gasteiger partial charge in [-0.05, 0) is 118 Å². The quantitative estimate of drug-likeness (QED) is 0.211. The van der Waals surface area contributed by atoms with Crippen LogP contribution in [0.25, 0.3) is 0 Å². The Kier molecular flexibility index (Phi) is 10.2. The molecule has 41 heavy (non-hydrogen) atoms. The van der Waals surface area contributed by atoms with Crippen LogP contribution in [0.5, 0.6) is 5.75 Å². The molecule has 2 saturated carbocycles. The third kappa shape index (κ3) is 8.39. The van der Waals surface area contributed by atoms with Crippen molar-refractivity contribution in [3.63, 3.8) is 0 Å². The number of benzene rings is 2. The maximum absolute atomic E-state index is 14.8. The molecule has 2 aliphatic carbocycles. The zero-order valence-corrected chi connectivity index (χ0v) is 23.2. The summed E-state index contributed by atoms with van der Waals surface area (Å²) < 4.78 is 101. The Hall–Kier alpha value is -2.77. The number of rotatable bonds is 9. The summed E-state index contributed by atoms with van der Waals surface area (Å²) in [5.74, 6) is -2.74. The van der Waals surface area contributed by atoms with Crippen molar-refractivity contribution in [3.05, 3.63) is 89.0 Å². The second-order valence-corrected chi connectivity index (χ2v) is 11.4. The predicted octanol–water partition coefficient (Wildman–Crippen LogP) is 10.8. The van der Waals surface area contributed by atoms with Crippen molar-refractivity contribution < 1.29 is 35.5 Å². The van der Waals surface area contributed by atoms with E-state index in [0.29, 0.717) is 30.9 Å². The summed E-state index contributed by atoms with van der Waals surface area (Å²) in [6, 6.07) is 7.12. The molecule has 0 N–H and O–H groups in total. The van der Waals surface area contributed by atoms with Crippen molar-refractivity contribution in [2.45, 2.75) is 89.3 Å². The maximum Gasteiger partial charge on any atom is 0.419 e. The summed E-state index contributed by atoms with van der Waals surface area (Å²) in [6.07, 6.45) is 6.77. The number of hydrogen-bond donors (Lipinski definition) is 0. The highest BCUT2D eigenvalue weighted by molar-refractivity contribution is 5.31. The fraction of sp³-hybridized carbons (Fsp3) is 0.515. The van der Waals surface area contributed by atoms with Crippen molar-refractivity contribution >= 4 is 0 Å². The summed E-state index contributed by atoms with van der Waals surface area (Å²) in [5, 5.41) is 0. The van der Waals surface area contributed by atoms with E-state index in [4.69, 9.17) is 0 Å². The third-order valence-corrected chi connectivity index (χ3v) is 8.51. The number of allylic oxidation sites excluding steroid dienone is 4. The van der Waals surface area contributed by atoms with Crippen molar-refractivity contribution in [2.24, 2.45) is 17.8 Å². The van der Waals surface area contributed by atoms with Gasteiger partial charge in [0.25, 0.3) is 0 Å². The van der Waals surface area contributed by atoms with Crippen LogP contribution in [-0.2, 0) is 12.6 Å². The van der Waals surface area contributed by atoms with Crippen LogP contribution in [0.1, 0.15) is 87.3 Å². The summed E-state index contributed by atoms with van der Waals surface area (Å²) in [5.41, 5.74) is 0.280. The summed E-state index contributed by atoms with van der Waals surface area (Å²) in [4.78, 5) is 0. The van der Waals surface area contributed by atoms with Gasteiger partial charge in [-0.1, -0.05) is 36.4 Å². The lowest BCUT2D eigenvalue weighted by Gasteiger charge is -2.33. The largest absolute Gasteiger partial charge is 0.432 e. The molecule has 0 amide bonds. The molecular formula is C33H37F7O. The number of halogens is 7. The first-order valence-corrected chi connectivity index (χ1v) is 14.5. The van der Waals surface area contributed by atoms with E-state index in [1.807, 2.05) is 25.1 Å². The molecule has 0 heterocycles. The van der Waals surface area contributed by atoms with Crippen LogP contribution < -0.4 is 4.74 Å². The Morgan fingerprint density at radius 2 is 1.41 bits per heavy atom. The van der Waals surface area contributed by atoms with Gasteiger partial charge in [-0.2, -0.15) is 22.0 Å². The standard InChI is InChI=1S/C33H37F7O/c1-2-3-4-5-24-12-18-28(30(34)20-24)25-13-8-22(9-14-25)6-7-23-10-15-26(16-11-23)33(39,40)41-27-17-19-29(31(35)21-27)32(36,37)38/h2-3,6-7,12,17-23,25-26H,4-5,8-11,13-16H2,1H3/b3-2+,7-6+. The number of hydrogen-bond acceptors (Lipinski definition) is 1. The topological polar surface area (TPSA) is 9.23 Å². The van der Waals surface area contributed by atoms with Gasteiger partial charge in [0, 0.05) is 6.07 Å². The molecule has 2 aromatic rings. The normalized spacial score (nSPS) is 24.3. The molecule has 0 aromatic heterocycles. The smallest absolute Gasteiger partial charge is 0.419 e. The number of ether oxygens (including phenoxy) is 1. The maximum atomic E-state index is 14.8. The van der Waals surface area contributed by atoms with E-state index >= 15 is 0 Å². The average molecular weight is 583 g/mol. The van der Waals surface area contributed by atoms with Crippen LogP contribution >= 0.6 is 0 Å². The van der Waals surface area contributed by atoms with E-state index in [9.17, 15) is 30.7 Å². The van der Waals surface area contributed by atoms with E-state index in [1.54, 1.807) is 6.07 Å². The lowest BCUT2D eigenvalue weighted by atomic mass is 9.77. The van der Waals surface area contributed by atoms with Crippen LogP contribution in [0.3, 0.4) is 0 Å². The Bertz CT molecular complexity index is 1200. The second-order valence-electron chi connectivity index (χ2n) is 11.4. The molecule has 0 bridgehead atoms. The van der Waals surface area contributed by atoms with Gasteiger partial charge >= 0.3 is 12.3 Å². The molecule has 2 aromatic carbocycles. The zero-order valence-electron chi connectivity index (χ0n) is 23.2. The summed E-state index contributed by atoms with van der Waals surface area (Å²) in [7, 11) is 0. The molecule has 224 valence electrons.